The lowest BCUT2D eigenvalue weighted by Gasteiger charge is -2.39. The summed E-state index contributed by atoms with van der Waals surface area (Å²) in [4.78, 5) is 27.0. The van der Waals surface area contributed by atoms with E-state index < -0.39 is 11.4 Å². The van der Waals surface area contributed by atoms with Gasteiger partial charge in [0.2, 0.25) is 0 Å². The molecule has 1 aliphatic rings. The number of hydrogen-bond acceptors (Lipinski definition) is 3. The van der Waals surface area contributed by atoms with Crippen molar-refractivity contribution in [3.05, 3.63) is 34.2 Å². The number of pyridine rings is 1. The van der Waals surface area contributed by atoms with Crippen molar-refractivity contribution in [3.63, 3.8) is 0 Å². The van der Waals surface area contributed by atoms with Crippen LogP contribution in [0.5, 0.6) is 0 Å². The first-order chi connectivity index (χ1) is 9.44. The predicted octanol–water partition coefficient (Wildman–Crippen LogP) is 1.34. The third-order valence-electron chi connectivity index (χ3n) is 4.02. The van der Waals surface area contributed by atoms with Gasteiger partial charge in [0.15, 0.2) is 5.43 Å². The number of H-pyrrole nitrogens is 1. The van der Waals surface area contributed by atoms with E-state index in [1.807, 2.05) is 0 Å². The third-order valence-corrected chi connectivity index (χ3v) is 4.41. The van der Waals surface area contributed by atoms with Gasteiger partial charge in [-0.3, -0.25) is 9.59 Å². The van der Waals surface area contributed by atoms with E-state index >= 15 is 0 Å². The number of nitrogens with two attached hydrogens (primary N) is 1. The van der Waals surface area contributed by atoms with E-state index in [0.717, 1.165) is 25.7 Å². The second-order valence-electron chi connectivity index (χ2n) is 5.51. The summed E-state index contributed by atoms with van der Waals surface area (Å²) in [6, 6.07) is 1.32. The monoisotopic (exact) mass is 293 g/mol. The van der Waals surface area contributed by atoms with Crippen molar-refractivity contribution in [1.82, 2.24) is 10.3 Å². The Labute approximate surface area is 123 Å². The fourth-order valence-corrected chi connectivity index (χ4v) is 2.82. The second kappa shape index (κ2) is 5.75. The molecule has 1 aliphatic carbocycles. The molecular formula is C14H19N3O2S. The predicted molar refractivity (Wildman–Crippen MR) is 81.7 cm³/mol. The smallest absolute Gasteiger partial charge is 0.257 e. The molecule has 20 heavy (non-hydrogen) atoms. The fraction of sp³-hybridized carbons (Fsp3) is 0.500. The summed E-state index contributed by atoms with van der Waals surface area (Å²) in [5.41, 5.74) is 4.95. The Hall–Kier alpha value is -1.69. The van der Waals surface area contributed by atoms with Gasteiger partial charge in [-0.05, 0) is 31.6 Å². The first-order valence-corrected chi connectivity index (χ1v) is 7.15. The third kappa shape index (κ3) is 2.90. The Kier molecular flexibility index (Phi) is 4.23. The lowest BCUT2D eigenvalue weighted by atomic mass is 9.77. The maximum atomic E-state index is 12.3. The molecular weight excluding hydrogens is 274 g/mol. The van der Waals surface area contributed by atoms with Crippen molar-refractivity contribution in [3.8, 4) is 0 Å². The van der Waals surface area contributed by atoms with Crippen LogP contribution < -0.4 is 16.5 Å². The molecule has 1 saturated carbocycles. The number of aromatic nitrogens is 1. The summed E-state index contributed by atoms with van der Waals surface area (Å²) in [5, 5.41) is 2.88. The molecule has 0 bridgehead atoms. The molecule has 0 unspecified atom stereocenters. The van der Waals surface area contributed by atoms with Gasteiger partial charge in [-0.25, -0.2) is 0 Å². The summed E-state index contributed by atoms with van der Waals surface area (Å²) < 4.78 is 0. The zero-order valence-electron chi connectivity index (χ0n) is 11.4. The highest BCUT2D eigenvalue weighted by Gasteiger charge is 2.38. The first kappa shape index (κ1) is 14.7. The Balaban J connectivity index is 2.21. The highest BCUT2D eigenvalue weighted by molar-refractivity contribution is 7.80. The molecule has 1 heterocycles. The molecule has 1 amide bonds. The summed E-state index contributed by atoms with van der Waals surface area (Å²) in [6.07, 6.45) is 6.26. The minimum absolute atomic E-state index is 0.0850. The van der Waals surface area contributed by atoms with E-state index in [2.05, 4.69) is 17.2 Å². The average Bonchev–Trinajstić information content (AvgIpc) is 2.41. The highest BCUT2D eigenvalue weighted by atomic mass is 32.1. The molecule has 108 valence electrons. The molecule has 5 nitrogen and oxygen atoms in total. The van der Waals surface area contributed by atoms with E-state index in [-0.39, 0.29) is 11.0 Å². The summed E-state index contributed by atoms with van der Waals surface area (Å²) >= 11 is 5.14. The van der Waals surface area contributed by atoms with Gasteiger partial charge in [-0.15, -0.1) is 0 Å². The maximum Gasteiger partial charge on any atom is 0.257 e. The average molecular weight is 293 g/mol. The zero-order valence-corrected chi connectivity index (χ0v) is 12.3. The number of nitrogens with one attached hydrogen (secondary N) is 2. The molecule has 0 radical (unpaired) electrons. The van der Waals surface area contributed by atoms with Crippen LogP contribution in [0.1, 0.15) is 43.0 Å². The van der Waals surface area contributed by atoms with E-state index in [4.69, 9.17) is 18.0 Å². The number of carbonyl (C=O) groups excluding carboxylic acids is 1. The lowest BCUT2D eigenvalue weighted by Crippen LogP contribution is -2.58. The minimum Gasteiger partial charge on any atom is -0.391 e. The zero-order chi connectivity index (χ0) is 14.8. The molecule has 2 rings (SSSR count). The van der Waals surface area contributed by atoms with Gasteiger partial charge in [-0.1, -0.05) is 19.1 Å². The van der Waals surface area contributed by atoms with Gasteiger partial charge < -0.3 is 16.0 Å². The Morgan fingerprint density at radius 3 is 2.70 bits per heavy atom. The summed E-state index contributed by atoms with van der Waals surface area (Å²) in [7, 11) is 0. The molecule has 0 aliphatic heterocycles. The van der Waals surface area contributed by atoms with Crippen LogP contribution in [0.15, 0.2) is 23.3 Å². The molecule has 0 aromatic carbocycles. The number of carbonyl (C=O) groups is 1. The van der Waals surface area contributed by atoms with Gasteiger partial charge in [0.1, 0.15) is 5.56 Å². The van der Waals surface area contributed by atoms with Crippen molar-refractivity contribution in [2.24, 2.45) is 11.7 Å². The molecule has 0 atom stereocenters. The lowest BCUT2D eigenvalue weighted by molar-refractivity contribution is 0.0899. The first-order valence-electron chi connectivity index (χ1n) is 6.74. The fourth-order valence-electron chi connectivity index (χ4n) is 2.57. The van der Waals surface area contributed by atoms with Gasteiger partial charge >= 0.3 is 0 Å². The standard InChI is InChI=1S/C14H19N3O2S/c1-9-2-5-14(6-3-9,13(15)20)17-12(19)10-8-16-7-4-11(10)18/h4,7-9H,2-3,5-6H2,1H3,(H2,15,20)(H,16,18)(H,17,19). The summed E-state index contributed by atoms with van der Waals surface area (Å²) in [5.74, 6) is 0.184. The van der Waals surface area contributed by atoms with Crippen LogP contribution in [-0.4, -0.2) is 21.4 Å². The van der Waals surface area contributed by atoms with Crippen molar-refractivity contribution >= 4 is 23.1 Å². The van der Waals surface area contributed by atoms with E-state index in [1.54, 1.807) is 0 Å². The molecule has 0 saturated heterocycles. The SMILES string of the molecule is CC1CCC(NC(=O)c2c[nH]ccc2=O)(C(N)=S)CC1. The highest BCUT2D eigenvalue weighted by Crippen LogP contribution is 2.32. The van der Waals surface area contributed by atoms with Gasteiger partial charge in [0.05, 0.1) is 10.5 Å². The van der Waals surface area contributed by atoms with E-state index in [1.165, 1.54) is 18.5 Å². The van der Waals surface area contributed by atoms with Crippen molar-refractivity contribution in [2.45, 2.75) is 38.1 Å². The molecule has 1 fully saturated rings. The maximum absolute atomic E-state index is 12.3. The van der Waals surface area contributed by atoms with Crippen LogP contribution in [-0.2, 0) is 0 Å². The molecule has 6 heteroatoms. The van der Waals surface area contributed by atoms with E-state index in [9.17, 15) is 9.59 Å². The van der Waals surface area contributed by atoms with Crippen LogP contribution in [0, 0.1) is 5.92 Å². The van der Waals surface area contributed by atoms with Crippen molar-refractivity contribution < 1.29 is 4.79 Å². The Bertz CT molecular complexity index is 574. The van der Waals surface area contributed by atoms with Crippen LogP contribution >= 0.6 is 12.2 Å². The van der Waals surface area contributed by atoms with Crippen LogP contribution in [0.25, 0.3) is 0 Å². The normalized spacial score (nSPS) is 25.9. The second-order valence-corrected chi connectivity index (χ2v) is 5.95. The number of amides is 1. The molecule has 1 aromatic rings. The Morgan fingerprint density at radius 1 is 1.50 bits per heavy atom. The topological polar surface area (TPSA) is 88.0 Å². The molecule has 4 N–H and O–H groups in total. The minimum atomic E-state index is -0.665. The quantitative estimate of drug-likeness (QED) is 0.734. The van der Waals surface area contributed by atoms with Crippen molar-refractivity contribution in [1.29, 1.82) is 0 Å². The number of aromatic amines is 1. The van der Waals surface area contributed by atoms with Crippen LogP contribution in [0.2, 0.25) is 0 Å². The summed E-state index contributed by atoms with van der Waals surface area (Å²) in [6.45, 7) is 2.17. The van der Waals surface area contributed by atoms with E-state index in [0.29, 0.717) is 10.9 Å². The van der Waals surface area contributed by atoms with Gasteiger partial charge in [0, 0.05) is 18.5 Å². The Morgan fingerprint density at radius 2 is 2.15 bits per heavy atom. The number of hydrogen-bond donors (Lipinski definition) is 3. The van der Waals surface area contributed by atoms with Crippen molar-refractivity contribution in [2.75, 3.05) is 0 Å². The number of rotatable bonds is 3. The van der Waals surface area contributed by atoms with Crippen LogP contribution in [0.4, 0.5) is 0 Å². The molecule has 0 spiro atoms. The van der Waals surface area contributed by atoms with Gasteiger partial charge in [0.25, 0.3) is 5.91 Å². The number of thiocarbonyl (C=S) groups is 1. The van der Waals surface area contributed by atoms with Crippen LogP contribution in [0.3, 0.4) is 0 Å². The largest absolute Gasteiger partial charge is 0.391 e. The van der Waals surface area contributed by atoms with Gasteiger partial charge in [-0.2, -0.15) is 0 Å². The molecule has 1 aromatic heterocycles.